The summed E-state index contributed by atoms with van der Waals surface area (Å²) >= 11 is 0. The average molecular weight is 483 g/mol. The topological polar surface area (TPSA) is 74.6 Å². The number of hydrogen-bond donors (Lipinski definition) is 2. The molecule has 34 heavy (non-hydrogen) atoms. The first-order valence-electron chi connectivity index (χ1n) is 15.0. The van der Waals surface area contributed by atoms with E-state index in [4.69, 9.17) is 5.11 Å². The molecule has 0 heterocycles. The molecule has 2 atom stereocenters. The Morgan fingerprint density at radius 3 is 1.26 bits per heavy atom. The summed E-state index contributed by atoms with van der Waals surface area (Å²) in [5.74, 6) is -1.18. The number of rotatable bonds is 27. The minimum Gasteiger partial charge on any atom is -0.481 e. The van der Waals surface area contributed by atoms with Crippen molar-refractivity contribution in [1.29, 1.82) is 0 Å². The van der Waals surface area contributed by atoms with Gasteiger partial charge in [0.15, 0.2) is 0 Å². The van der Waals surface area contributed by atoms with Gasteiger partial charge in [-0.05, 0) is 31.6 Å². The molecule has 0 spiro atoms. The van der Waals surface area contributed by atoms with E-state index in [1.807, 2.05) is 0 Å². The van der Waals surface area contributed by atoms with E-state index in [2.05, 4.69) is 13.8 Å². The van der Waals surface area contributed by atoms with E-state index in [-0.39, 0.29) is 12.3 Å². The highest BCUT2D eigenvalue weighted by atomic mass is 16.4. The summed E-state index contributed by atoms with van der Waals surface area (Å²) in [7, 11) is 0. The van der Waals surface area contributed by atoms with E-state index in [0.717, 1.165) is 64.2 Å². The predicted octanol–water partition coefficient (Wildman–Crippen LogP) is 9.79. The van der Waals surface area contributed by atoms with E-state index in [9.17, 15) is 14.7 Å². The van der Waals surface area contributed by atoms with Gasteiger partial charge in [-0.1, -0.05) is 136 Å². The standard InChI is InChI=1S/C30H58O4/c1-3-5-7-9-10-11-12-13-14-17-21-25-28(30(33)34)27(23-19-8-6-4-2)24-20-16-15-18-22-26-29(31)32/h27-28H,3-26H2,1-2H3,(H,31,32)(H,33,34). The number of aliphatic carboxylic acids is 2. The van der Waals surface area contributed by atoms with Gasteiger partial charge in [-0.2, -0.15) is 0 Å². The fourth-order valence-electron chi connectivity index (χ4n) is 5.18. The van der Waals surface area contributed by atoms with Crippen LogP contribution in [0.5, 0.6) is 0 Å². The lowest BCUT2D eigenvalue weighted by Gasteiger charge is -2.24. The second-order valence-electron chi connectivity index (χ2n) is 10.6. The summed E-state index contributed by atoms with van der Waals surface area (Å²) in [6.45, 7) is 4.48. The van der Waals surface area contributed by atoms with Crippen molar-refractivity contribution < 1.29 is 19.8 Å². The molecule has 0 aromatic carbocycles. The van der Waals surface area contributed by atoms with Crippen molar-refractivity contribution in [3.8, 4) is 0 Å². The molecular formula is C30H58O4. The third kappa shape index (κ3) is 21.5. The summed E-state index contributed by atoms with van der Waals surface area (Å²) in [5.41, 5.74) is 0. The smallest absolute Gasteiger partial charge is 0.306 e. The van der Waals surface area contributed by atoms with Gasteiger partial charge in [0, 0.05) is 6.42 Å². The molecule has 0 bridgehead atoms. The van der Waals surface area contributed by atoms with Gasteiger partial charge in [0.25, 0.3) is 0 Å². The summed E-state index contributed by atoms with van der Waals surface area (Å²) < 4.78 is 0. The lowest BCUT2D eigenvalue weighted by atomic mass is 9.80. The molecule has 0 aliphatic heterocycles. The summed E-state index contributed by atoms with van der Waals surface area (Å²) in [4.78, 5) is 22.8. The molecule has 4 heteroatoms. The highest BCUT2D eigenvalue weighted by Crippen LogP contribution is 2.30. The van der Waals surface area contributed by atoms with Crippen LogP contribution in [0.2, 0.25) is 0 Å². The average Bonchev–Trinajstić information content (AvgIpc) is 2.80. The van der Waals surface area contributed by atoms with Crippen LogP contribution in [-0.2, 0) is 9.59 Å². The van der Waals surface area contributed by atoms with Crippen molar-refractivity contribution in [3.63, 3.8) is 0 Å². The summed E-state index contributed by atoms with van der Waals surface area (Å²) in [5, 5.41) is 18.7. The van der Waals surface area contributed by atoms with Crippen molar-refractivity contribution in [1.82, 2.24) is 0 Å². The molecule has 0 rings (SSSR count). The fourth-order valence-corrected chi connectivity index (χ4v) is 5.18. The zero-order chi connectivity index (χ0) is 25.3. The van der Waals surface area contributed by atoms with E-state index in [1.54, 1.807) is 0 Å². The lowest BCUT2D eigenvalue weighted by molar-refractivity contribution is -0.144. The Balaban J connectivity index is 4.23. The highest BCUT2D eigenvalue weighted by Gasteiger charge is 2.26. The number of carbonyl (C=O) groups is 2. The van der Waals surface area contributed by atoms with E-state index in [1.165, 1.54) is 83.5 Å². The van der Waals surface area contributed by atoms with Gasteiger partial charge in [-0.25, -0.2) is 0 Å². The first kappa shape index (κ1) is 32.9. The maximum atomic E-state index is 12.1. The zero-order valence-electron chi connectivity index (χ0n) is 22.8. The van der Waals surface area contributed by atoms with Gasteiger partial charge in [0.05, 0.1) is 5.92 Å². The van der Waals surface area contributed by atoms with Gasteiger partial charge in [-0.15, -0.1) is 0 Å². The molecule has 202 valence electrons. The van der Waals surface area contributed by atoms with Crippen LogP contribution in [-0.4, -0.2) is 22.2 Å². The molecule has 0 saturated carbocycles. The van der Waals surface area contributed by atoms with Gasteiger partial charge >= 0.3 is 11.9 Å². The molecule has 0 aromatic heterocycles. The maximum absolute atomic E-state index is 12.1. The van der Waals surface area contributed by atoms with Crippen LogP contribution >= 0.6 is 0 Å². The van der Waals surface area contributed by atoms with E-state index in [0.29, 0.717) is 5.92 Å². The second kappa shape index (κ2) is 25.0. The molecule has 0 fully saturated rings. The lowest BCUT2D eigenvalue weighted by Crippen LogP contribution is -2.24. The van der Waals surface area contributed by atoms with E-state index < -0.39 is 11.9 Å². The maximum Gasteiger partial charge on any atom is 0.306 e. The van der Waals surface area contributed by atoms with Crippen molar-refractivity contribution in [2.24, 2.45) is 11.8 Å². The van der Waals surface area contributed by atoms with Crippen LogP contribution in [0.4, 0.5) is 0 Å². The third-order valence-electron chi connectivity index (χ3n) is 7.40. The highest BCUT2D eigenvalue weighted by molar-refractivity contribution is 5.70. The van der Waals surface area contributed by atoms with Gasteiger partial charge in [-0.3, -0.25) is 9.59 Å². The second-order valence-corrected chi connectivity index (χ2v) is 10.6. The number of carboxylic acid groups (broad SMARTS) is 2. The van der Waals surface area contributed by atoms with Crippen LogP contribution in [0.15, 0.2) is 0 Å². The molecule has 0 radical (unpaired) electrons. The van der Waals surface area contributed by atoms with Crippen LogP contribution in [0, 0.1) is 11.8 Å². The molecule has 0 aromatic rings. The fraction of sp³-hybridized carbons (Fsp3) is 0.933. The normalized spacial score (nSPS) is 13.1. The van der Waals surface area contributed by atoms with Crippen molar-refractivity contribution in [3.05, 3.63) is 0 Å². The van der Waals surface area contributed by atoms with Gasteiger partial charge in [0.2, 0.25) is 0 Å². The molecular weight excluding hydrogens is 424 g/mol. The Bertz CT molecular complexity index is 463. The van der Waals surface area contributed by atoms with Crippen LogP contribution in [0.25, 0.3) is 0 Å². The van der Waals surface area contributed by atoms with E-state index >= 15 is 0 Å². The van der Waals surface area contributed by atoms with Crippen molar-refractivity contribution in [2.75, 3.05) is 0 Å². The Hall–Kier alpha value is -1.06. The summed E-state index contributed by atoms with van der Waals surface area (Å²) in [6.07, 6.45) is 27.2. The Kier molecular flexibility index (Phi) is 24.3. The monoisotopic (exact) mass is 482 g/mol. The molecule has 0 aliphatic carbocycles. The zero-order valence-corrected chi connectivity index (χ0v) is 22.8. The Labute approximate surface area is 211 Å². The molecule has 2 unspecified atom stereocenters. The Morgan fingerprint density at radius 1 is 0.500 bits per heavy atom. The number of hydrogen-bond acceptors (Lipinski definition) is 2. The third-order valence-corrected chi connectivity index (χ3v) is 7.40. The quantitative estimate of drug-likeness (QED) is 0.114. The van der Waals surface area contributed by atoms with Crippen molar-refractivity contribution >= 4 is 11.9 Å². The molecule has 4 nitrogen and oxygen atoms in total. The van der Waals surface area contributed by atoms with Crippen molar-refractivity contribution in [2.45, 2.75) is 168 Å². The molecule has 0 amide bonds. The van der Waals surface area contributed by atoms with Crippen LogP contribution < -0.4 is 0 Å². The Morgan fingerprint density at radius 2 is 0.853 bits per heavy atom. The first-order valence-corrected chi connectivity index (χ1v) is 15.0. The first-order chi connectivity index (χ1) is 16.5. The van der Waals surface area contributed by atoms with Gasteiger partial charge < -0.3 is 10.2 Å². The van der Waals surface area contributed by atoms with Crippen LogP contribution in [0.3, 0.4) is 0 Å². The van der Waals surface area contributed by atoms with Gasteiger partial charge in [0.1, 0.15) is 0 Å². The summed E-state index contributed by atoms with van der Waals surface area (Å²) in [6, 6.07) is 0. The number of unbranched alkanes of at least 4 members (excludes halogenated alkanes) is 17. The minimum absolute atomic E-state index is 0.188. The molecule has 2 N–H and O–H groups in total. The minimum atomic E-state index is -0.709. The van der Waals surface area contributed by atoms with Crippen LogP contribution in [0.1, 0.15) is 168 Å². The number of carboxylic acids is 2. The largest absolute Gasteiger partial charge is 0.481 e. The molecule has 0 aliphatic rings. The predicted molar refractivity (Wildman–Crippen MR) is 144 cm³/mol. The SMILES string of the molecule is CCCCCCCCCCCCCC(C(=O)O)C(CCCCCC)CCCCCCCC(=O)O. The molecule has 0 saturated heterocycles.